The Bertz CT molecular complexity index is 964. The summed E-state index contributed by atoms with van der Waals surface area (Å²) in [5.41, 5.74) is 2.43. The molecule has 1 fully saturated rings. The van der Waals surface area contributed by atoms with Crippen LogP contribution < -0.4 is 9.64 Å². The van der Waals surface area contributed by atoms with Gasteiger partial charge in [-0.2, -0.15) is 4.31 Å². The van der Waals surface area contributed by atoms with Crippen LogP contribution in [0.25, 0.3) is 0 Å². The maximum atomic E-state index is 13.0. The molecule has 2 aromatic rings. The van der Waals surface area contributed by atoms with Crippen molar-refractivity contribution in [1.29, 1.82) is 0 Å². The molecule has 0 radical (unpaired) electrons. The van der Waals surface area contributed by atoms with E-state index in [1.165, 1.54) is 4.31 Å². The number of aliphatic imine (C=N–C) groups is 1. The number of methoxy groups -OCH3 is 1. The van der Waals surface area contributed by atoms with Gasteiger partial charge >= 0.3 is 0 Å². The second-order valence-corrected chi connectivity index (χ2v) is 8.81. The summed E-state index contributed by atoms with van der Waals surface area (Å²) < 4.78 is 38.1. The molecule has 0 atom stereocenters. The molecule has 1 aliphatic rings. The molecule has 0 N–H and O–H groups in total. The van der Waals surface area contributed by atoms with Crippen LogP contribution >= 0.6 is 0 Å². The van der Waals surface area contributed by atoms with E-state index in [-0.39, 0.29) is 4.90 Å². The second kappa shape index (κ2) is 10.1. The third-order valence-electron chi connectivity index (χ3n) is 5.11. The van der Waals surface area contributed by atoms with Crippen molar-refractivity contribution in [3.05, 3.63) is 48.0 Å². The number of benzene rings is 2. The topological polar surface area (TPSA) is 71.4 Å². The summed E-state index contributed by atoms with van der Waals surface area (Å²) in [6, 6.07) is 12.7. The molecular weight excluding hydrogens is 402 g/mol. The number of nitrogens with zero attached hydrogens (tertiary/aromatic N) is 3. The SMILES string of the molecule is CCN(CC)S(=O)(=O)c1ccc(N2CCOCC2)c(N=Cc2ccc(OC)cc2)c1. The standard InChI is InChI=1S/C22H29N3O4S/c1-4-25(5-2)30(26,27)20-10-11-22(24-12-14-29-15-13-24)21(16-20)23-17-18-6-8-19(28-3)9-7-18/h6-11,16-17H,4-5,12-15H2,1-3H3. The second-order valence-electron chi connectivity index (χ2n) is 6.87. The Balaban J connectivity index is 2.00. The van der Waals surface area contributed by atoms with Gasteiger partial charge in [0.1, 0.15) is 5.75 Å². The van der Waals surface area contributed by atoms with Gasteiger partial charge in [-0.05, 0) is 48.0 Å². The summed E-state index contributed by atoms with van der Waals surface area (Å²) in [5, 5.41) is 0. The number of hydrogen-bond donors (Lipinski definition) is 0. The molecule has 0 bridgehead atoms. The first-order chi connectivity index (χ1) is 14.5. The normalized spacial score (nSPS) is 15.1. The molecule has 3 rings (SSSR count). The number of hydrogen-bond acceptors (Lipinski definition) is 6. The predicted molar refractivity (Wildman–Crippen MR) is 120 cm³/mol. The van der Waals surface area contributed by atoms with Crippen molar-refractivity contribution in [1.82, 2.24) is 4.31 Å². The molecule has 162 valence electrons. The lowest BCUT2D eigenvalue weighted by Crippen LogP contribution is -2.36. The Morgan fingerprint density at radius 2 is 1.77 bits per heavy atom. The first kappa shape index (κ1) is 22.3. The van der Waals surface area contributed by atoms with E-state index >= 15 is 0 Å². The Hall–Kier alpha value is -2.42. The number of ether oxygens (including phenoxy) is 2. The average Bonchev–Trinajstić information content (AvgIpc) is 2.79. The van der Waals surface area contributed by atoms with Gasteiger partial charge in [0.2, 0.25) is 10.0 Å². The minimum Gasteiger partial charge on any atom is -0.497 e. The maximum absolute atomic E-state index is 13.0. The van der Waals surface area contributed by atoms with E-state index in [9.17, 15) is 8.42 Å². The minimum absolute atomic E-state index is 0.255. The lowest BCUT2D eigenvalue weighted by molar-refractivity contribution is 0.123. The van der Waals surface area contributed by atoms with Crippen LogP contribution in [0.15, 0.2) is 52.4 Å². The zero-order valence-corrected chi connectivity index (χ0v) is 18.6. The molecule has 0 aromatic heterocycles. The van der Waals surface area contributed by atoms with E-state index < -0.39 is 10.0 Å². The van der Waals surface area contributed by atoms with Crippen molar-refractivity contribution in [3.63, 3.8) is 0 Å². The fourth-order valence-electron chi connectivity index (χ4n) is 3.39. The van der Waals surface area contributed by atoms with E-state index in [4.69, 9.17) is 9.47 Å². The summed E-state index contributed by atoms with van der Waals surface area (Å²) >= 11 is 0. The first-order valence-electron chi connectivity index (χ1n) is 10.1. The number of rotatable bonds is 8. The molecule has 0 spiro atoms. The zero-order valence-electron chi connectivity index (χ0n) is 17.7. The van der Waals surface area contributed by atoms with Crippen molar-refractivity contribution >= 4 is 27.6 Å². The van der Waals surface area contributed by atoms with Crippen LogP contribution in [0.3, 0.4) is 0 Å². The third kappa shape index (κ3) is 5.00. The number of morpholine rings is 1. The fourth-order valence-corrected chi connectivity index (χ4v) is 4.86. The lowest BCUT2D eigenvalue weighted by Gasteiger charge is -2.30. The van der Waals surface area contributed by atoms with Crippen LogP contribution in [-0.4, -0.2) is 65.4 Å². The van der Waals surface area contributed by atoms with Gasteiger partial charge in [0.25, 0.3) is 0 Å². The molecule has 0 unspecified atom stereocenters. The zero-order chi connectivity index (χ0) is 21.6. The van der Waals surface area contributed by atoms with Gasteiger partial charge in [-0.25, -0.2) is 8.42 Å². The molecular formula is C22H29N3O4S. The van der Waals surface area contributed by atoms with Crippen molar-refractivity contribution in [2.75, 3.05) is 51.4 Å². The van der Waals surface area contributed by atoms with Gasteiger partial charge in [0, 0.05) is 32.4 Å². The Labute approximate surface area is 179 Å². The molecule has 0 saturated carbocycles. The van der Waals surface area contributed by atoms with Crippen LogP contribution in [0, 0.1) is 0 Å². The first-order valence-corrected chi connectivity index (χ1v) is 11.6. The molecule has 1 saturated heterocycles. The predicted octanol–water partition coefficient (Wildman–Crippen LogP) is 3.31. The maximum Gasteiger partial charge on any atom is 0.243 e. The Kier molecular flexibility index (Phi) is 7.47. The highest BCUT2D eigenvalue weighted by Gasteiger charge is 2.24. The Morgan fingerprint density at radius 3 is 2.37 bits per heavy atom. The molecule has 2 aromatic carbocycles. The van der Waals surface area contributed by atoms with E-state index in [0.29, 0.717) is 32.0 Å². The van der Waals surface area contributed by atoms with Crippen molar-refractivity contribution in [3.8, 4) is 5.75 Å². The monoisotopic (exact) mass is 431 g/mol. The smallest absolute Gasteiger partial charge is 0.243 e. The molecule has 0 amide bonds. The highest BCUT2D eigenvalue weighted by atomic mass is 32.2. The average molecular weight is 432 g/mol. The molecule has 0 aliphatic carbocycles. The molecule has 7 nitrogen and oxygen atoms in total. The van der Waals surface area contributed by atoms with E-state index in [2.05, 4.69) is 9.89 Å². The van der Waals surface area contributed by atoms with Gasteiger partial charge in [-0.3, -0.25) is 4.99 Å². The highest BCUT2D eigenvalue weighted by Crippen LogP contribution is 2.33. The molecule has 1 aliphatic heterocycles. The van der Waals surface area contributed by atoms with Crippen LogP contribution in [0.2, 0.25) is 0 Å². The van der Waals surface area contributed by atoms with E-state index in [0.717, 1.165) is 30.1 Å². The fraction of sp³-hybridized carbons (Fsp3) is 0.409. The minimum atomic E-state index is -3.56. The van der Waals surface area contributed by atoms with Gasteiger partial charge in [0.05, 0.1) is 36.6 Å². The van der Waals surface area contributed by atoms with Crippen molar-refractivity contribution in [2.45, 2.75) is 18.7 Å². The third-order valence-corrected chi connectivity index (χ3v) is 7.16. The summed E-state index contributed by atoms with van der Waals surface area (Å²) in [7, 11) is -1.94. The van der Waals surface area contributed by atoms with E-state index in [1.807, 2.05) is 44.2 Å². The highest BCUT2D eigenvalue weighted by molar-refractivity contribution is 7.89. The number of anilines is 1. The van der Waals surface area contributed by atoms with Gasteiger partial charge in [-0.1, -0.05) is 13.8 Å². The number of sulfonamides is 1. The molecule has 30 heavy (non-hydrogen) atoms. The van der Waals surface area contributed by atoms with Crippen LogP contribution in [0.5, 0.6) is 5.75 Å². The van der Waals surface area contributed by atoms with E-state index in [1.54, 1.807) is 25.5 Å². The molecule has 1 heterocycles. The van der Waals surface area contributed by atoms with Crippen LogP contribution in [0.4, 0.5) is 11.4 Å². The molecule has 8 heteroatoms. The summed E-state index contributed by atoms with van der Waals surface area (Å²) in [6.07, 6.45) is 1.74. The largest absolute Gasteiger partial charge is 0.497 e. The summed E-state index contributed by atoms with van der Waals surface area (Å²) in [4.78, 5) is 7.09. The van der Waals surface area contributed by atoms with Crippen molar-refractivity contribution in [2.24, 2.45) is 4.99 Å². The summed E-state index contributed by atoms with van der Waals surface area (Å²) in [6.45, 7) is 7.30. The van der Waals surface area contributed by atoms with Crippen molar-refractivity contribution < 1.29 is 17.9 Å². The summed E-state index contributed by atoms with van der Waals surface area (Å²) in [5.74, 6) is 0.772. The van der Waals surface area contributed by atoms with Gasteiger partial charge in [0.15, 0.2) is 0 Å². The van der Waals surface area contributed by atoms with Crippen LogP contribution in [0.1, 0.15) is 19.4 Å². The van der Waals surface area contributed by atoms with Gasteiger partial charge in [-0.15, -0.1) is 0 Å². The lowest BCUT2D eigenvalue weighted by atomic mass is 10.2. The van der Waals surface area contributed by atoms with Crippen LogP contribution in [-0.2, 0) is 14.8 Å². The van der Waals surface area contributed by atoms with Gasteiger partial charge < -0.3 is 14.4 Å². The quantitative estimate of drug-likeness (QED) is 0.600. The Morgan fingerprint density at radius 1 is 1.10 bits per heavy atom.